The average molecular weight is 531 g/mol. The molecule has 0 fully saturated rings. The summed E-state index contributed by atoms with van der Waals surface area (Å²) in [5, 5.41) is 2.08. The van der Waals surface area contributed by atoms with Crippen LogP contribution in [0.4, 0.5) is 0 Å². The molecule has 0 bridgehead atoms. The number of benzene rings is 2. The number of thioether (sulfide) groups is 1. The van der Waals surface area contributed by atoms with Crippen LogP contribution in [0.5, 0.6) is 0 Å². The van der Waals surface area contributed by atoms with Crippen molar-refractivity contribution in [2.24, 2.45) is 0 Å². The summed E-state index contributed by atoms with van der Waals surface area (Å²) >= 11 is 12.6. The molecule has 0 atom stereocenters. The summed E-state index contributed by atoms with van der Waals surface area (Å²) in [5.74, 6) is 2.02. The van der Waals surface area contributed by atoms with Gasteiger partial charge in [0.2, 0.25) is 0 Å². The number of nitrogens with zero attached hydrogens (tertiary/aromatic N) is 2. The third-order valence-electron chi connectivity index (χ3n) is 3.54. The van der Waals surface area contributed by atoms with E-state index in [1.165, 1.54) is 5.56 Å². The van der Waals surface area contributed by atoms with Gasteiger partial charge in [0.25, 0.3) is 0 Å². The van der Waals surface area contributed by atoms with Crippen LogP contribution in [0.15, 0.2) is 54.8 Å². The van der Waals surface area contributed by atoms with Crippen LogP contribution in [0.3, 0.4) is 0 Å². The molecule has 0 unspecified atom stereocenters. The lowest BCUT2D eigenvalue weighted by Gasteiger charge is -2.12. The van der Waals surface area contributed by atoms with Crippen molar-refractivity contribution in [3.05, 3.63) is 61.2 Å². The molecule has 24 heavy (non-hydrogen) atoms. The van der Waals surface area contributed by atoms with Crippen molar-refractivity contribution in [3.8, 4) is 0 Å². The standard InChI is InChI=1S/C18H15Br3N2S/c1-10(2)17-22-16-13(7-12(19)8-15(16)21)18(23-17)24-9-11-5-3-4-6-14(11)20/h3-8,10H,9H2,1-2H3. The lowest BCUT2D eigenvalue weighted by Crippen LogP contribution is -2.01. The van der Waals surface area contributed by atoms with E-state index in [1.54, 1.807) is 11.8 Å². The van der Waals surface area contributed by atoms with E-state index in [9.17, 15) is 0 Å². The average Bonchev–Trinajstić information content (AvgIpc) is 2.54. The van der Waals surface area contributed by atoms with Crippen LogP contribution in [-0.2, 0) is 5.75 Å². The number of fused-ring (bicyclic) bond motifs is 1. The van der Waals surface area contributed by atoms with Gasteiger partial charge in [-0.1, -0.05) is 63.9 Å². The molecule has 0 N–H and O–H groups in total. The van der Waals surface area contributed by atoms with Gasteiger partial charge in [0.15, 0.2) is 0 Å². The Hall–Kier alpha value is -0.430. The van der Waals surface area contributed by atoms with E-state index in [2.05, 4.69) is 85.9 Å². The van der Waals surface area contributed by atoms with Gasteiger partial charge in [-0.05, 0) is 39.7 Å². The first-order valence-electron chi connectivity index (χ1n) is 7.48. The first kappa shape index (κ1) is 18.4. The Morgan fingerprint density at radius 3 is 2.46 bits per heavy atom. The smallest absolute Gasteiger partial charge is 0.132 e. The molecule has 124 valence electrons. The van der Waals surface area contributed by atoms with Crippen molar-refractivity contribution in [1.29, 1.82) is 0 Å². The van der Waals surface area contributed by atoms with Crippen LogP contribution in [0.2, 0.25) is 0 Å². The highest BCUT2D eigenvalue weighted by atomic mass is 79.9. The summed E-state index contributed by atoms with van der Waals surface area (Å²) in [5.41, 5.74) is 2.22. The van der Waals surface area contributed by atoms with Gasteiger partial charge < -0.3 is 0 Å². The van der Waals surface area contributed by atoms with E-state index in [0.29, 0.717) is 0 Å². The van der Waals surface area contributed by atoms with E-state index >= 15 is 0 Å². The molecular formula is C18H15Br3N2S. The number of aromatic nitrogens is 2. The fraction of sp³-hybridized carbons (Fsp3) is 0.222. The fourth-order valence-corrected chi connectivity index (χ4v) is 5.21. The van der Waals surface area contributed by atoms with Crippen molar-refractivity contribution in [2.45, 2.75) is 30.5 Å². The van der Waals surface area contributed by atoms with E-state index in [1.807, 2.05) is 12.1 Å². The molecular weight excluding hydrogens is 516 g/mol. The molecule has 3 rings (SSSR count). The quantitative estimate of drug-likeness (QED) is 0.261. The van der Waals surface area contributed by atoms with Crippen LogP contribution in [-0.4, -0.2) is 9.97 Å². The molecule has 6 heteroatoms. The molecule has 0 spiro atoms. The monoisotopic (exact) mass is 528 g/mol. The van der Waals surface area contributed by atoms with Gasteiger partial charge in [-0.3, -0.25) is 0 Å². The molecule has 2 nitrogen and oxygen atoms in total. The number of hydrogen-bond acceptors (Lipinski definition) is 3. The topological polar surface area (TPSA) is 25.8 Å². The van der Waals surface area contributed by atoms with Crippen LogP contribution < -0.4 is 0 Å². The van der Waals surface area contributed by atoms with E-state index < -0.39 is 0 Å². The second kappa shape index (κ2) is 7.85. The normalized spacial score (nSPS) is 11.4. The third kappa shape index (κ3) is 4.03. The van der Waals surface area contributed by atoms with Crippen molar-refractivity contribution >= 4 is 70.5 Å². The molecule has 0 aliphatic heterocycles. The van der Waals surface area contributed by atoms with Crippen LogP contribution >= 0.6 is 59.6 Å². The summed E-state index contributed by atoms with van der Waals surface area (Å²) < 4.78 is 3.13. The Labute approximate surface area is 171 Å². The minimum atomic E-state index is 0.285. The first-order valence-corrected chi connectivity index (χ1v) is 10.8. The zero-order chi connectivity index (χ0) is 17.3. The largest absolute Gasteiger partial charge is 0.231 e. The van der Waals surface area contributed by atoms with Gasteiger partial charge in [0, 0.05) is 30.5 Å². The number of rotatable bonds is 4. The molecule has 0 saturated carbocycles. The molecule has 0 radical (unpaired) electrons. The summed E-state index contributed by atoms with van der Waals surface area (Å²) in [6.07, 6.45) is 0. The maximum Gasteiger partial charge on any atom is 0.132 e. The highest BCUT2D eigenvalue weighted by molar-refractivity contribution is 9.11. The van der Waals surface area contributed by atoms with Crippen molar-refractivity contribution < 1.29 is 0 Å². The van der Waals surface area contributed by atoms with E-state index in [0.717, 1.165) is 40.9 Å². The maximum atomic E-state index is 4.82. The fourth-order valence-electron chi connectivity index (χ4n) is 2.28. The molecule has 1 heterocycles. The number of hydrogen-bond donors (Lipinski definition) is 0. The Morgan fingerprint density at radius 1 is 1.00 bits per heavy atom. The van der Waals surface area contributed by atoms with Gasteiger partial charge in [-0.15, -0.1) is 11.8 Å². The Balaban J connectivity index is 2.06. The molecule has 3 aromatic rings. The Bertz CT molecular complexity index is 897. The van der Waals surface area contributed by atoms with Crippen LogP contribution in [0, 0.1) is 0 Å². The Morgan fingerprint density at radius 2 is 1.75 bits per heavy atom. The minimum absolute atomic E-state index is 0.285. The van der Waals surface area contributed by atoms with E-state index in [4.69, 9.17) is 9.97 Å². The van der Waals surface area contributed by atoms with Crippen molar-refractivity contribution in [3.63, 3.8) is 0 Å². The maximum absolute atomic E-state index is 4.82. The van der Waals surface area contributed by atoms with E-state index in [-0.39, 0.29) is 5.92 Å². The number of halogens is 3. The summed E-state index contributed by atoms with van der Waals surface area (Å²) in [4.78, 5) is 9.57. The van der Waals surface area contributed by atoms with Gasteiger partial charge in [0.05, 0.1) is 5.52 Å². The minimum Gasteiger partial charge on any atom is -0.231 e. The van der Waals surface area contributed by atoms with Gasteiger partial charge >= 0.3 is 0 Å². The molecule has 2 aromatic carbocycles. The first-order chi connectivity index (χ1) is 11.5. The van der Waals surface area contributed by atoms with Crippen LogP contribution in [0.25, 0.3) is 10.9 Å². The zero-order valence-corrected chi connectivity index (χ0v) is 18.8. The predicted octanol–water partition coefficient (Wildman–Crippen LogP) is 7.33. The van der Waals surface area contributed by atoms with Crippen molar-refractivity contribution in [1.82, 2.24) is 9.97 Å². The van der Waals surface area contributed by atoms with Gasteiger partial charge in [0.1, 0.15) is 10.9 Å². The lowest BCUT2D eigenvalue weighted by molar-refractivity contribution is 0.765. The van der Waals surface area contributed by atoms with Gasteiger partial charge in [-0.25, -0.2) is 9.97 Å². The second-order valence-electron chi connectivity index (χ2n) is 5.71. The molecule has 0 saturated heterocycles. The SMILES string of the molecule is CC(C)c1nc(SCc2ccccc2Br)c2cc(Br)cc(Br)c2n1. The highest BCUT2D eigenvalue weighted by Gasteiger charge is 2.14. The molecule has 0 aliphatic rings. The lowest BCUT2D eigenvalue weighted by atomic mass is 10.2. The Kier molecular flexibility index (Phi) is 6.01. The summed E-state index contributed by atoms with van der Waals surface area (Å²) in [6, 6.07) is 12.4. The van der Waals surface area contributed by atoms with Crippen molar-refractivity contribution in [2.75, 3.05) is 0 Å². The predicted molar refractivity (Wildman–Crippen MR) is 113 cm³/mol. The second-order valence-corrected chi connectivity index (χ2v) is 9.29. The third-order valence-corrected chi connectivity index (χ3v) is 6.42. The highest BCUT2D eigenvalue weighted by Crippen LogP contribution is 2.35. The summed E-state index contributed by atoms with van der Waals surface area (Å²) in [7, 11) is 0. The molecule has 1 aromatic heterocycles. The van der Waals surface area contributed by atoms with Crippen LogP contribution in [0.1, 0.15) is 31.2 Å². The summed E-state index contributed by atoms with van der Waals surface area (Å²) in [6.45, 7) is 4.24. The molecule has 0 aliphatic carbocycles. The molecule has 0 amide bonds. The zero-order valence-electron chi connectivity index (χ0n) is 13.2. The van der Waals surface area contributed by atoms with Gasteiger partial charge in [-0.2, -0.15) is 0 Å².